The molecule has 0 saturated heterocycles. The molecule has 6 heteroatoms. The highest BCUT2D eigenvalue weighted by Crippen LogP contribution is 2.33. The van der Waals surface area contributed by atoms with Gasteiger partial charge in [-0.2, -0.15) is 0 Å². The van der Waals surface area contributed by atoms with Gasteiger partial charge in [0, 0.05) is 42.2 Å². The summed E-state index contributed by atoms with van der Waals surface area (Å²) in [6.07, 6.45) is 1.55. The van der Waals surface area contributed by atoms with Crippen LogP contribution in [0.5, 0.6) is 17.2 Å². The average Bonchev–Trinajstić information content (AvgIpc) is 2.90. The monoisotopic (exact) mass is 367 g/mol. The zero-order valence-electron chi connectivity index (χ0n) is 15.1. The number of nitrogens with one attached hydrogen (secondary N) is 1. The van der Waals surface area contributed by atoms with Crippen molar-refractivity contribution in [2.24, 2.45) is 0 Å². The van der Waals surface area contributed by atoms with E-state index >= 15 is 0 Å². The van der Waals surface area contributed by atoms with Crippen LogP contribution in [0.2, 0.25) is 0 Å². The summed E-state index contributed by atoms with van der Waals surface area (Å²) in [7, 11) is 0. The van der Waals surface area contributed by atoms with Gasteiger partial charge in [0.25, 0.3) is 0 Å². The first-order valence-corrected chi connectivity index (χ1v) is 9.06. The van der Waals surface area contributed by atoms with Crippen molar-refractivity contribution >= 4 is 16.7 Å². The second kappa shape index (κ2) is 7.23. The Morgan fingerprint density at radius 2 is 1.85 bits per heavy atom. The molecule has 4 rings (SSSR count). The second-order valence-electron chi connectivity index (χ2n) is 6.49. The number of ether oxygens (including phenoxy) is 2. The molecule has 3 aromatic rings. The topological polar surface area (TPSA) is 80.9 Å². The molecule has 0 radical (unpaired) electrons. The second-order valence-corrected chi connectivity index (χ2v) is 6.49. The molecule has 2 heterocycles. The molecule has 0 spiro atoms. The third kappa shape index (κ3) is 3.56. The van der Waals surface area contributed by atoms with Gasteiger partial charge in [-0.3, -0.25) is 0 Å². The fourth-order valence-corrected chi connectivity index (χ4v) is 3.21. The average molecular weight is 367 g/mol. The Balaban J connectivity index is 1.64. The van der Waals surface area contributed by atoms with E-state index in [4.69, 9.17) is 13.9 Å². The molecule has 1 aliphatic heterocycles. The van der Waals surface area contributed by atoms with Crippen LogP contribution in [0.3, 0.4) is 0 Å². The molecule has 27 heavy (non-hydrogen) atoms. The summed E-state index contributed by atoms with van der Waals surface area (Å²) in [6.45, 7) is 3.69. The number of anilines is 1. The van der Waals surface area contributed by atoms with Crippen molar-refractivity contribution in [1.29, 1.82) is 0 Å². The maximum atomic E-state index is 11.9. The van der Waals surface area contributed by atoms with Crippen LogP contribution in [0.4, 0.5) is 5.69 Å². The lowest BCUT2D eigenvalue weighted by molar-refractivity contribution is 0.297. The van der Waals surface area contributed by atoms with Gasteiger partial charge in [0.05, 0.1) is 13.2 Å². The summed E-state index contributed by atoms with van der Waals surface area (Å²) in [6, 6.07) is 10.6. The van der Waals surface area contributed by atoms with E-state index in [1.807, 2.05) is 31.2 Å². The number of phenolic OH excluding ortho intramolecular Hbond substituents is 1. The van der Waals surface area contributed by atoms with E-state index in [9.17, 15) is 9.90 Å². The molecule has 0 amide bonds. The lowest BCUT2D eigenvalue weighted by Gasteiger charge is -2.12. The number of phenols is 1. The van der Waals surface area contributed by atoms with Crippen LogP contribution >= 0.6 is 0 Å². The van der Waals surface area contributed by atoms with Gasteiger partial charge >= 0.3 is 5.63 Å². The molecule has 0 unspecified atom stereocenters. The zero-order chi connectivity index (χ0) is 18.8. The lowest BCUT2D eigenvalue weighted by Crippen LogP contribution is -2.06. The smallest absolute Gasteiger partial charge is 0.336 e. The van der Waals surface area contributed by atoms with E-state index < -0.39 is 5.63 Å². The predicted molar refractivity (Wildman–Crippen MR) is 103 cm³/mol. The number of hydrogen-bond donors (Lipinski definition) is 2. The molecule has 1 aliphatic rings. The molecule has 2 aromatic carbocycles. The van der Waals surface area contributed by atoms with Crippen molar-refractivity contribution in [3.8, 4) is 17.2 Å². The Kier molecular flexibility index (Phi) is 4.62. The van der Waals surface area contributed by atoms with Crippen LogP contribution in [-0.4, -0.2) is 18.3 Å². The molecule has 140 valence electrons. The Labute approximate surface area is 156 Å². The highest BCUT2D eigenvalue weighted by Gasteiger charge is 2.12. The first-order chi connectivity index (χ1) is 13.1. The molecule has 0 aliphatic carbocycles. The third-order valence-corrected chi connectivity index (χ3v) is 4.64. The highest BCUT2D eigenvalue weighted by atomic mass is 16.5. The summed E-state index contributed by atoms with van der Waals surface area (Å²) < 4.78 is 16.6. The van der Waals surface area contributed by atoms with Gasteiger partial charge in [-0.1, -0.05) is 6.92 Å². The summed E-state index contributed by atoms with van der Waals surface area (Å²) in [5, 5.41) is 14.2. The molecule has 0 saturated carbocycles. The summed E-state index contributed by atoms with van der Waals surface area (Å²) in [5.41, 5.74) is 2.43. The molecule has 0 atom stereocenters. The first-order valence-electron chi connectivity index (χ1n) is 9.06. The molecule has 1 aromatic heterocycles. The van der Waals surface area contributed by atoms with Crippen molar-refractivity contribution in [1.82, 2.24) is 0 Å². The minimum absolute atomic E-state index is 0.140. The van der Waals surface area contributed by atoms with Crippen LogP contribution in [0, 0.1) is 0 Å². The van der Waals surface area contributed by atoms with Crippen molar-refractivity contribution in [3.63, 3.8) is 0 Å². The van der Waals surface area contributed by atoms with Crippen molar-refractivity contribution in [3.05, 3.63) is 57.9 Å². The first kappa shape index (κ1) is 17.3. The summed E-state index contributed by atoms with van der Waals surface area (Å²) >= 11 is 0. The van der Waals surface area contributed by atoms with E-state index in [0.29, 0.717) is 37.5 Å². The Bertz CT molecular complexity index is 1040. The van der Waals surface area contributed by atoms with E-state index in [1.54, 1.807) is 0 Å². The Morgan fingerprint density at radius 3 is 2.67 bits per heavy atom. The minimum Gasteiger partial charge on any atom is -0.508 e. The maximum Gasteiger partial charge on any atom is 0.336 e. The van der Waals surface area contributed by atoms with E-state index in [-0.39, 0.29) is 5.75 Å². The maximum absolute atomic E-state index is 11.9. The van der Waals surface area contributed by atoms with Gasteiger partial charge in [0.1, 0.15) is 11.3 Å². The highest BCUT2D eigenvalue weighted by molar-refractivity contribution is 5.83. The van der Waals surface area contributed by atoms with Crippen LogP contribution in [0.25, 0.3) is 11.0 Å². The minimum atomic E-state index is -0.443. The molecular weight excluding hydrogens is 346 g/mol. The van der Waals surface area contributed by atoms with E-state index in [1.165, 1.54) is 12.1 Å². The SMILES string of the molecule is CCc1cc2c(CNc3ccc4c(c3)OCCCO4)cc(=O)oc2cc1O. The third-order valence-electron chi connectivity index (χ3n) is 4.64. The van der Waals surface area contributed by atoms with Crippen LogP contribution in [0.1, 0.15) is 24.5 Å². The normalized spacial score (nSPS) is 13.4. The van der Waals surface area contributed by atoms with Gasteiger partial charge < -0.3 is 24.3 Å². The lowest BCUT2D eigenvalue weighted by atomic mass is 10.0. The van der Waals surface area contributed by atoms with Gasteiger partial charge in [0.15, 0.2) is 11.5 Å². The van der Waals surface area contributed by atoms with Crippen molar-refractivity contribution < 1.29 is 19.0 Å². The van der Waals surface area contributed by atoms with E-state index in [2.05, 4.69) is 5.32 Å². The molecule has 2 N–H and O–H groups in total. The van der Waals surface area contributed by atoms with E-state index in [0.717, 1.165) is 34.4 Å². The Morgan fingerprint density at radius 1 is 1.04 bits per heavy atom. The van der Waals surface area contributed by atoms with Gasteiger partial charge in [-0.15, -0.1) is 0 Å². The number of aryl methyl sites for hydroxylation is 1. The van der Waals surface area contributed by atoms with Crippen molar-refractivity contribution in [2.75, 3.05) is 18.5 Å². The quantitative estimate of drug-likeness (QED) is 0.682. The van der Waals surface area contributed by atoms with Gasteiger partial charge in [-0.05, 0) is 35.7 Å². The fraction of sp³-hybridized carbons (Fsp3) is 0.286. The zero-order valence-corrected chi connectivity index (χ0v) is 15.1. The number of benzene rings is 2. The summed E-state index contributed by atoms with van der Waals surface area (Å²) in [5.74, 6) is 1.60. The van der Waals surface area contributed by atoms with Crippen LogP contribution < -0.4 is 20.4 Å². The number of rotatable bonds is 4. The standard InChI is InChI=1S/C21H21NO5/c1-2-13-8-16-14(9-21(24)27-19(16)11-17(13)23)12-22-15-4-5-18-20(10-15)26-7-3-6-25-18/h4-5,8-11,22-23H,2-3,6-7,12H2,1H3. The molecule has 0 bridgehead atoms. The van der Waals surface area contributed by atoms with Crippen LogP contribution in [0.15, 0.2) is 45.6 Å². The predicted octanol–water partition coefficient (Wildman–Crippen LogP) is 3.83. The molecule has 6 nitrogen and oxygen atoms in total. The van der Waals surface area contributed by atoms with Gasteiger partial charge in [-0.25, -0.2) is 4.79 Å². The molecular formula is C21H21NO5. The van der Waals surface area contributed by atoms with Gasteiger partial charge in [0.2, 0.25) is 0 Å². The Hall–Kier alpha value is -3.15. The fourth-order valence-electron chi connectivity index (χ4n) is 3.21. The molecule has 0 fully saturated rings. The van der Waals surface area contributed by atoms with Crippen LogP contribution in [-0.2, 0) is 13.0 Å². The number of hydrogen-bond acceptors (Lipinski definition) is 6. The van der Waals surface area contributed by atoms with Crippen molar-refractivity contribution in [2.45, 2.75) is 26.3 Å². The largest absolute Gasteiger partial charge is 0.508 e. The summed E-state index contributed by atoms with van der Waals surface area (Å²) in [4.78, 5) is 11.9. The number of fused-ring (bicyclic) bond motifs is 2. The number of aromatic hydroxyl groups is 1.